The van der Waals surface area contributed by atoms with Crippen molar-refractivity contribution in [2.24, 2.45) is 0 Å². The number of para-hydroxylation sites is 1. The summed E-state index contributed by atoms with van der Waals surface area (Å²) >= 11 is 0. The Morgan fingerprint density at radius 2 is 1.77 bits per heavy atom. The van der Waals surface area contributed by atoms with E-state index in [2.05, 4.69) is 50.2 Å². The second-order valence-corrected chi connectivity index (χ2v) is 7.90. The molecule has 3 N–H and O–H groups in total. The maximum absolute atomic E-state index is 12.1. The van der Waals surface area contributed by atoms with Gasteiger partial charge in [-0.15, -0.1) is 0 Å². The van der Waals surface area contributed by atoms with Crippen LogP contribution in [0.3, 0.4) is 0 Å². The van der Waals surface area contributed by atoms with E-state index in [1.165, 1.54) is 5.56 Å². The van der Waals surface area contributed by atoms with E-state index < -0.39 is 0 Å². The van der Waals surface area contributed by atoms with Crippen molar-refractivity contribution in [3.05, 3.63) is 66.5 Å². The van der Waals surface area contributed by atoms with Gasteiger partial charge in [0.15, 0.2) is 5.82 Å². The lowest BCUT2D eigenvalue weighted by molar-refractivity contribution is -0.121. The number of imidazole rings is 1. The highest BCUT2D eigenvalue weighted by atomic mass is 16.1. The van der Waals surface area contributed by atoms with Gasteiger partial charge >= 0.3 is 0 Å². The number of hydrogen-bond donors (Lipinski definition) is 2. The first-order chi connectivity index (χ1) is 15.2. The van der Waals surface area contributed by atoms with E-state index in [0.717, 1.165) is 67.1 Å². The highest BCUT2D eigenvalue weighted by Crippen LogP contribution is 2.27. The van der Waals surface area contributed by atoms with Gasteiger partial charge in [-0.05, 0) is 37.3 Å². The molecule has 0 saturated carbocycles. The minimum atomic E-state index is 0.144. The van der Waals surface area contributed by atoms with Crippen LogP contribution in [0.4, 0.5) is 5.82 Å². The molecule has 0 aliphatic rings. The average Bonchev–Trinajstić information content (AvgIpc) is 3.22. The molecule has 0 saturated heterocycles. The largest absolute Gasteiger partial charge is 0.382 e. The molecule has 2 aromatic heterocycles. The summed E-state index contributed by atoms with van der Waals surface area (Å²) in [5.41, 5.74) is 10.1. The number of amides is 1. The number of nitrogens with zero attached hydrogens (tertiary/aromatic N) is 3. The zero-order valence-corrected chi connectivity index (χ0v) is 17.8. The number of nitrogen functional groups attached to an aromatic ring is 1. The highest BCUT2D eigenvalue weighted by Gasteiger charge is 2.11. The summed E-state index contributed by atoms with van der Waals surface area (Å²) in [6.07, 6.45) is 7.26. The van der Waals surface area contributed by atoms with Gasteiger partial charge in [-0.1, -0.05) is 55.0 Å². The summed E-state index contributed by atoms with van der Waals surface area (Å²) in [5.74, 6) is 0.613. The Morgan fingerprint density at radius 1 is 0.968 bits per heavy atom. The molecular formula is C25H29N5O. The summed E-state index contributed by atoms with van der Waals surface area (Å²) in [5, 5.41) is 4.10. The first-order valence-electron chi connectivity index (χ1n) is 11.0. The standard InChI is InChI=1S/C25H29N5O/c26-25-23-24(20-13-6-7-14-21(20)29-25)30(18-28-23)17-8-2-5-15-22(31)27-16-9-12-19-10-3-1-4-11-19/h1,3-4,6-7,10-11,13-14,18H,2,5,8-9,12,15-17H2,(H2,26,29)(H,27,31). The fourth-order valence-electron chi connectivity index (χ4n) is 3.97. The zero-order valence-electron chi connectivity index (χ0n) is 17.8. The van der Waals surface area contributed by atoms with Crippen LogP contribution >= 0.6 is 0 Å². The third-order valence-corrected chi connectivity index (χ3v) is 5.59. The molecule has 0 fully saturated rings. The number of nitrogens with one attached hydrogen (secondary N) is 1. The van der Waals surface area contributed by atoms with E-state index in [9.17, 15) is 4.79 Å². The summed E-state index contributed by atoms with van der Waals surface area (Å²) < 4.78 is 2.15. The molecule has 2 aromatic carbocycles. The van der Waals surface area contributed by atoms with Crippen LogP contribution in [-0.2, 0) is 17.8 Å². The van der Waals surface area contributed by atoms with Gasteiger partial charge in [0.25, 0.3) is 0 Å². The molecule has 160 valence electrons. The van der Waals surface area contributed by atoms with E-state index in [1.807, 2.05) is 30.6 Å². The van der Waals surface area contributed by atoms with Gasteiger partial charge in [-0.3, -0.25) is 4.79 Å². The molecule has 0 aliphatic carbocycles. The molecular weight excluding hydrogens is 386 g/mol. The molecule has 0 unspecified atom stereocenters. The van der Waals surface area contributed by atoms with Crippen LogP contribution in [0.2, 0.25) is 0 Å². The number of pyridine rings is 1. The lowest BCUT2D eigenvalue weighted by Gasteiger charge is -2.08. The van der Waals surface area contributed by atoms with Gasteiger partial charge in [0.05, 0.1) is 17.4 Å². The number of benzene rings is 2. The van der Waals surface area contributed by atoms with Crippen molar-refractivity contribution < 1.29 is 4.79 Å². The zero-order chi connectivity index (χ0) is 21.5. The normalized spacial score (nSPS) is 11.2. The quantitative estimate of drug-likeness (QED) is 0.374. The number of hydrogen-bond acceptors (Lipinski definition) is 4. The predicted molar refractivity (Wildman–Crippen MR) is 126 cm³/mol. The van der Waals surface area contributed by atoms with Crippen molar-refractivity contribution in [1.82, 2.24) is 19.9 Å². The van der Waals surface area contributed by atoms with Crippen LogP contribution in [0.1, 0.15) is 37.7 Å². The second-order valence-electron chi connectivity index (χ2n) is 7.90. The van der Waals surface area contributed by atoms with Crippen LogP contribution in [0.25, 0.3) is 21.9 Å². The number of nitrogens with two attached hydrogens (primary N) is 1. The van der Waals surface area contributed by atoms with Crippen molar-refractivity contribution in [3.63, 3.8) is 0 Å². The first-order valence-corrected chi connectivity index (χ1v) is 11.0. The molecule has 4 rings (SSSR count). The van der Waals surface area contributed by atoms with Crippen LogP contribution in [0.15, 0.2) is 60.9 Å². The molecule has 0 spiro atoms. The van der Waals surface area contributed by atoms with Gasteiger partial charge in [0.2, 0.25) is 5.91 Å². The van der Waals surface area contributed by atoms with Gasteiger partial charge in [0.1, 0.15) is 5.52 Å². The van der Waals surface area contributed by atoms with Gasteiger partial charge < -0.3 is 15.6 Å². The molecule has 6 heteroatoms. The molecule has 0 radical (unpaired) electrons. The lowest BCUT2D eigenvalue weighted by atomic mass is 10.1. The monoisotopic (exact) mass is 415 g/mol. The van der Waals surface area contributed by atoms with Crippen molar-refractivity contribution in [3.8, 4) is 0 Å². The Balaban J connectivity index is 1.20. The third-order valence-electron chi connectivity index (χ3n) is 5.59. The Kier molecular flexibility index (Phi) is 6.77. The number of anilines is 1. The Bertz CT molecular complexity index is 1150. The molecule has 0 atom stereocenters. The Hall–Kier alpha value is -3.41. The maximum atomic E-state index is 12.1. The lowest BCUT2D eigenvalue weighted by Crippen LogP contribution is -2.24. The van der Waals surface area contributed by atoms with E-state index in [1.54, 1.807) is 0 Å². The van der Waals surface area contributed by atoms with Crippen LogP contribution < -0.4 is 11.1 Å². The maximum Gasteiger partial charge on any atom is 0.219 e. The van der Waals surface area contributed by atoms with E-state index in [4.69, 9.17) is 5.73 Å². The van der Waals surface area contributed by atoms with Gasteiger partial charge in [-0.25, -0.2) is 9.97 Å². The number of aromatic nitrogens is 3. The molecule has 1 amide bonds. The number of fused-ring (bicyclic) bond motifs is 3. The SMILES string of the molecule is Nc1nc2ccccc2c2c1ncn2CCCCCC(=O)NCCCc1ccccc1. The Labute approximate surface area is 182 Å². The molecule has 6 nitrogen and oxygen atoms in total. The number of carbonyl (C=O) groups is 1. The minimum Gasteiger partial charge on any atom is -0.382 e. The average molecular weight is 416 g/mol. The minimum absolute atomic E-state index is 0.144. The van der Waals surface area contributed by atoms with Crippen LogP contribution in [0.5, 0.6) is 0 Å². The molecule has 31 heavy (non-hydrogen) atoms. The highest BCUT2D eigenvalue weighted by molar-refractivity contribution is 6.06. The van der Waals surface area contributed by atoms with Crippen LogP contribution in [0, 0.1) is 0 Å². The first kappa shape index (κ1) is 20.8. The van der Waals surface area contributed by atoms with E-state index >= 15 is 0 Å². The van der Waals surface area contributed by atoms with Crippen molar-refractivity contribution in [2.45, 2.75) is 45.1 Å². The van der Waals surface area contributed by atoms with Gasteiger partial charge in [0, 0.05) is 24.9 Å². The molecule has 0 bridgehead atoms. The third kappa shape index (κ3) is 5.20. The predicted octanol–water partition coefficient (Wildman–Crippen LogP) is 4.48. The Morgan fingerprint density at radius 3 is 2.65 bits per heavy atom. The molecule has 2 heterocycles. The summed E-state index contributed by atoms with van der Waals surface area (Å²) in [6.45, 7) is 1.58. The topological polar surface area (TPSA) is 85.8 Å². The number of unbranched alkanes of at least 4 members (excludes halogenated alkanes) is 2. The fraction of sp³-hybridized carbons (Fsp3) is 0.320. The van der Waals surface area contributed by atoms with Crippen molar-refractivity contribution in [1.29, 1.82) is 0 Å². The van der Waals surface area contributed by atoms with E-state index in [0.29, 0.717) is 12.2 Å². The van der Waals surface area contributed by atoms with Crippen molar-refractivity contribution >= 4 is 33.7 Å². The molecule has 4 aromatic rings. The van der Waals surface area contributed by atoms with Crippen molar-refractivity contribution in [2.75, 3.05) is 12.3 Å². The summed E-state index contributed by atoms with van der Waals surface area (Å²) in [4.78, 5) is 21.0. The summed E-state index contributed by atoms with van der Waals surface area (Å²) in [6, 6.07) is 18.4. The number of rotatable bonds is 10. The fourth-order valence-corrected chi connectivity index (χ4v) is 3.97. The molecule has 0 aliphatic heterocycles. The van der Waals surface area contributed by atoms with E-state index in [-0.39, 0.29) is 5.91 Å². The smallest absolute Gasteiger partial charge is 0.219 e. The number of aryl methyl sites for hydroxylation is 2. The summed E-state index contributed by atoms with van der Waals surface area (Å²) in [7, 11) is 0. The van der Waals surface area contributed by atoms with Crippen LogP contribution in [-0.4, -0.2) is 27.0 Å². The number of carbonyl (C=O) groups excluding carboxylic acids is 1. The van der Waals surface area contributed by atoms with Gasteiger partial charge in [-0.2, -0.15) is 0 Å². The second kappa shape index (κ2) is 10.1.